The predicted octanol–water partition coefficient (Wildman–Crippen LogP) is 3.36. The van der Waals surface area contributed by atoms with Crippen LogP contribution in [0.3, 0.4) is 0 Å². The van der Waals surface area contributed by atoms with Crippen LogP contribution in [0.15, 0.2) is 42.6 Å². The summed E-state index contributed by atoms with van der Waals surface area (Å²) in [6, 6.07) is 13.2. The van der Waals surface area contributed by atoms with Gasteiger partial charge in [0.2, 0.25) is 0 Å². The van der Waals surface area contributed by atoms with Crippen LogP contribution in [0, 0.1) is 0 Å². The molecule has 1 saturated heterocycles. The molecular weight excluding hydrogens is 298 g/mol. The number of methoxy groups -OCH3 is 1. The summed E-state index contributed by atoms with van der Waals surface area (Å²) in [5.74, 6) is 0.909. The minimum Gasteiger partial charge on any atom is -0.497 e. The number of hydrogen-bond acceptors (Lipinski definition) is 4. The Kier molecular flexibility index (Phi) is 5.36. The predicted molar refractivity (Wildman–Crippen MR) is 98.7 cm³/mol. The minimum absolute atomic E-state index is 0.508. The Bertz CT molecular complexity index is 639. The standard InChI is InChI=1S/C20H27N3O/c1-4-17-5-6-18(21-13-17)15-22-11-12-23(14-16(22)2)19-7-9-20(24-3)10-8-19/h5-10,13,16H,4,11-12,14-15H2,1-3H3/t16-/m0/s1. The van der Waals surface area contributed by atoms with Crippen molar-refractivity contribution < 1.29 is 4.74 Å². The normalized spacial score (nSPS) is 18.6. The largest absolute Gasteiger partial charge is 0.497 e. The number of hydrogen-bond donors (Lipinski definition) is 0. The van der Waals surface area contributed by atoms with Crippen molar-refractivity contribution in [1.82, 2.24) is 9.88 Å². The van der Waals surface area contributed by atoms with E-state index in [0.717, 1.165) is 44.0 Å². The fraction of sp³-hybridized carbons (Fsp3) is 0.450. The molecule has 1 fully saturated rings. The molecule has 1 aromatic carbocycles. The number of benzene rings is 1. The van der Waals surface area contributed by atoms with Crippen molar-refractivity contribution in [3.05, 3.63) is 53.9 Å². The van der Waals surface area contributed by atoms with Crippen LogP contribution < -0.4 is 9.64 Å². The van der Waals surface area contributed by atoms with E-state index >= 15 is 0 Å². The van der Waals surface area contributed by atoms with Crippen molar-refractivity contribution in [2.24, 2.45) is 0 Å². The number of aryl methyl sites for hydroxylation is 1. The number of pyridine rings is 1. The molecule has 1 atom stereocenters. The lowest BCUT2D eigenvalue weighted by Gasteiger charge is -2.41. The van der Waals surface area contributed by atoms with Gasteiger partial charge >= 0.3 is 0 Å². The number of rotatable bonds is 5. The van der Waals surface area contributed by atoms with Crippen LogP contribution in [0.25, 0.3) is 0 Å². The maximum absolute atomic E-state index is 5.24. The van der Waals surface area contributed by atoms with Crippen LogP contribution in [-0.2, 0) is 13.0 Å². The Hall–Kier alpha value is -2.07. The first-order valence-electron chi connectivity index (χ1n) is 8.76. The van der Waals surface area contributed by atoms with E-state index in [1.165, 1.54) is 11.3 Å². The van der Waals surface area contributed by atoms with E-state index in [4.69, 9.17) is 4.74 Å². The molecule has 24 heavy (non-hydrogen) atoms. The van der Waals surface area contributed by atoms with Gasteiger partial charge in [0.1, 0.15) is 5.75 Å². The Morgan fingerprint density at radius 3 is 2.50 bits per heavy atom. The molecule has 1 aliphatic heterocycles. The van der Waals surface area contributed by atoms with Crippen LogP contribution in [0.1, 0.15) is 25.1 Å². The molecule has 0 amide bonds. The monoisotopic (exact) mass is 325 g/mol. The van der Waals surface area contributed by atoms with Gasteiger partial charge in [-0.3, -0.25) is 9.88 Å². The van der Waals surface area contributed by atoms with Crippen LogP contribution >= 0.6 is 0 Å². The number of anilines is 1. The maximum atomic E-state index is 5.24. The summed E-state index contributed by atoms with van der Waals surface area (Å²) in [5.41, 5.74) is 3.74. The SMILES string of the molecule is CCc1ccc(CN2CCN(c3ccc(OC)cc3)C[C@@H]2C)nc1. The molecule has 0 spiro atoms. The lowest BCUT2D eigenvalue weighted by molar-refractivity contribution is 0.179. The van der Waals surface area contributed by atoms with E-state index < -0.39 is 0 Å². The zero-order chi connectivity index (χ0) is 16.9. The summed E-state index contributed by atoms with van der Waals surface area (Å²) in [6.45, 7) is 8.54. The third kappa shape index (κ3) is 3.88. The number of nitrogens with zero attached hydrogens (tertiary/aromatic N) is 3. The molecule has 0 radical (unpaired) electrons. The fourth-order valence-electron chi connectivity index (χ4n) is 3.22. The molecule has 4 nitrogen and oxygen atoms in total. The molecule has 0 aliphatic carbocycles. The van der Waals surface area contributed by atoms with Crippen LogP contribution in [-0.4, -0.2) is 42.7 Å². The van der Waals surface area contributed by atoms with Crippen molar-refractivity contribution in [3.63, 3.8) is 0 Å². The molecule has 2 heterocycles. The Balaban J connectivity index is 1.59. The highest BCUT2D eigenvalue weighted by molar-refractivity contribution is 5.49. The van der Waals surface area contributed by atoms with E-state index in [2.05, 4.69) is 52.9 Å². The Morgan fingerprint density at radius 1 is 1.12 bits per heavy atom. The van der Waals surface area contributed by atoms with Gasteiger partial charge in [0.15, 0.2) is 0 Å². The van der Waals surface area contributed by atoms with E-state index in [-0.39, 0.29) is 0 Å². The topological polar surface area (TPSA) is 28.6 Å². The van der Waals surface area contributed by atoms with Crippen molar-refractivity contribution in [2.45, 2.75) is 32.9 Å². The summed E-state index contributed by atoms with van der Waals surface area (Å²) in [7, 11) is 1.71. The zero-order valence-electron chi connectivity index (χ0n) is 14.9. The number of piperazine rings is 1. The molecule has 128 valence electrons. The lowest BCUT2D eigenvalue weighted by Crippen LogP contribution is -2.51. The van der Waals surface area contributed by atoms with Gasteiger partial charge in [0, 0.05) is 44.1 Å². The molecule has 3 rings (SSSR count). The summed E-state index contributed by atoms with van der Waals surface area (Å²) in [5, 5.41) is 0. The highest BCUT2D eigenvalue weighted by atomic mass is 16.5. The van der Waals surface area contributed by atoms with Crippen molar-refractivity contribution in [1.29, 1.82) is 0 Å². The Morgan fingerprint density at radius 2 is 1.92 bits per heavy atom. The zero-order valence-corrected chi connectivity index (χ0v) is 14.9. The van der Waals surface area contributed by atoms with Gasteiger partial charge in [-0.15, -0.1) is 0 Å². The van der Waals surface area contributed by atoms with Crippen LogP contribution in [0.5, 0.6) is 5.75 Å². The third-order valence-corrected chi connectivity index (χ3v) is 4.86. The highest BCUT2D eigenvalue weighted by Crippen LogP contribution is 2.23. The van der Waals surface area contributed by atoms with E-state index in [1.54, 1.807) is 7.11 Å². The molecule has 1 aliphatic rings. The number of aromatic nitrogens is 1. The summed E-state index contributed by atoms with van der Waals surface area (Å²) in [6.07, 6.45) is 3.05. The quantitative estimate of drug-likeness (QED) is 0.843. The molecular formula is C20H27N3O. The van der Waals surface area contributed by atoms with Crippen molar-refractivity contribution in [2.75, 3.05) is 31.6 Å². The third-order valence-electron chi connectivity index (χ3n) is 4.86. The maximum Gasteiger partial charge on any atom is 0.119 e. The summed E-state index contributed by atoms with van der Waals surface area (Å²) in [4.78, 5) is 9.58. The van der Waals surface area contributed by atoms with Gasteiger partial charge in [-0.05, 0) is 49.2 Å². The van der Waals surface area contributed by atoms with Crippen LogP contribution in [0.2, 0.25) is 0 Å². The lowest BCUT2D eigenvalue weighted by atomic mass is 10.1. The smallest absolute Gasteiger partial charge is 0.119 e. The van der Waals surface area contributed by atoms with Gasteiger partial charge in [0.05, 0.1) is 12.8 Å². The number of ether oxygens (including phenoxy) is 1. The molecule has 4 heteroatoms. The molecule has 1 aromatic heterocycles. The molecule has 0 unspecified atom stereocenters. The molecule has 0 bridgehead atoms. The van der Waals surface area contributed by atoms with Crippen LogP contribution in [0.4, 0.5) is 5.69 Å². The molecule has 0 saturated carbocycles. The van der Waals surface area contributed by atoms with Gasteiger partial charge in [0.25, 0.3) is 0 Å². The fourth-order valence-corrected chi connectivity index (χ4v) is 3.22. The first kappa shape index (κ1) is 16.8. The van der Waals surface area contributed by atoms with Gasteiger partial charge in [-0.25, -0.2) is 0 Å². The first-order chi connectivity index (χ1) is 11.7. The second-order valence-corrected chi connectivity index (χ2v) is 6.47. The summed E-state index contributed by atoms with van der Waals surface area (Å²) < 4.78 is 5.24. The Labute approximate surface area is 145 Å². The van der Waals surface area contributed by atoms with Crippen molar-refractivity contribution in [3.8, 4) is 5.75 Å². The highest BCUT2D eigenvalue weighted by Gasteiger charge is 2.24. The van der Waals surface area contributed by atoms with Gasteiger partial charge in [-0.2, -0.15) is 0 Å². The van der Waals surface area contributed by atoms with Crippen molar-refractivity contribution >= 4 is 5.69 Å². The van der Waals surface area contributed by atoms with E-state index in [1.807, 2.05) is 18.3 Å². The van der Waals surface area contributed by atoms with Gasteiger partial charge in [-0.1, -0.05) is 13.0 Å². The minimum atomic E-state index is 0.508. The van der Waals surface area contributed by atoms with E-state index in [9.17, 15) is 0 Å². The first-order valence-corrected chi connectivity index (χ1v) is 8.76. The second kappa shape index (κ2) is 7.67. The van der Waals surface area contributed by atoms with E-state index in [0.29, 0.717) is 6.04 Å². The average molecular weight is 325 g/mol. The average Bonchev–Trinajstić information content (AvgIpc) is 2.64. The molecule has 0 N–H and O–H groups in total. The second-order valence-electron chi connectivity index (χ2n) is 6.47. The molecule has 2 aromatic rings. The summed E-state index contributed by atoms with van der Waals surface area (Å²) >= 11 is 0. The van der Waals surface area contributed by atoms with Gasteiger partial charge < -0.3 is 9.64 Å².